The number of nitrogens with one attached hydrogen (secondary N) is 1. The molecule has 1 aromatic heterocycles. The van der Waals surface area contributed by atoms with Gasteiger partial charge < -0.3 is 10.2 Å². The van der Waals surface area contributed by atoms with Gasteiger partial charge in [-0.05, 0) is 25.3 Å². The molecular weight excluding hydrogens is 248 g/mol. The summed E-state index contributed by atoms with van der Waals surface area (Å²) in [5.41, 5.74) is 1.01. The maximum absolute atomic E-state index is 4.56. The van der Waals surface area contributed by atoms with Gasteiger partial charge in [-0.1, -0.05) is 34.1 Å². The summed E-state index contributed by atoms with van der Waals surface area (Å²) in [6.07, 6.45) is 4.99. The Morgan fingerprint density at radius 2 is 1.90 bits per heavy atom. The van der Waals surface area contributed by atoms with Crippen LogP contribution in [0.25, 0.3) is 0 Å². The van der Waals surface area contributed by atoms with Gasteiger partial charge >= 0.3 is 0 Å². The van der Waals surface area contributed by atoms with Crippen LogP contribution >= 0.6 is 0 Å². The highest BCUT2D eigenvalue weighted by molar-refractivity contribution is 5.35. The molecule has 1 N–H and O–H groups in total. The van der Waals surface area contributed by atoms with E-state index in [9.17, 15) is 0 Å². The number of aromatic nitrogens is 2. The van der Waals surface area contributed by atoms with Crippen molar-refractivity contribution in [2.75, 3.05) is 24.5 Å². The molecule has 4 nitrogen and oxygen atoms in total. The van der Waals surface area contributed by atoms with Crippen molar-refractivity contribution in [3.8, 4) is 0 Å². The third-order valence-corrected chi connectivity index (χ3v) is 3.49. The lowest BCUT2D eigenvalue weighted by Gasteiger charge is -2.24. The van der Waals surface area contributed by atoms with Gasteiger partial charge in [0.25, 0.3) is 0 Å². The molecule has 1 unspecified atom stereocenters. The minimum atomic E-state index is 0.661. The van der Waals surface area contributed by atoms with Crippen LogP contribution in [0.15, 0.2) is 12.4 Å². The number of anilines is 1. The monoisotopic (exact) mass is 278 g/mol. The second-order valence-electron chi connectivity index (χ2n) is 5.94. The molecule has 0 bridgehead atoms. The molecule has 20 heavy (non-hydrogen) atoms. The lowest BCUT2D eigenvalue weighted by atomic mass is 10.1. The van der Waals surface area contributed by atoms with E-state index < -0.39 is 0 Å². The third kappa shape index (κ3) is 5.87. The molecule has 0 fully saturated rings. The van der Waals surface area contributed by atoms with Crippen molar-refractivity contribution in [3.05, 3.63) is 18.1 Å². The minimum Gasteiger partial charge on any atom is -0.355 e. The lowest BCUT2D eigenvalue weighted by Crippen LogP contribution is -2.29. The van der Waals surface area contributed by atoms with Crippen LogP contribution in [0.3, 0.4) is 0 Å². The Labute approximate surface area is 124 Å². The first-order valence-corrected chi connectivity index (χ1v) is 7.83. The smallest absolute Gasteiger partial charge is 0.147 e. The molecule has 1 aromatic rings. The van der Waals surface area contributed by atoms with E-state index in [2.05, 4.69) is 54.8 Å². The summed E-state index contributed by atoms with van der Waals surface area (Å²) < 4.78 is 0. The highest BCUT2D eigenvalue weighted by atomic mass is 15.2. The van der Waals surface area contributed by atoms with Crippen molar-refractivity contribution in [3.63, 3.8) is 0 Å². The van der Waals surface area contributed by atoms with Gasteiger partial charge in [-0.2, -0.15) is 0 Å². The first-order valence-electron chi connectivity index (χ1n) is 7.83. The number of rotatable bonds is 9. The lowest BCUT2D eigenvalue weighted by molar-refractivity contribution is 0.541. The average molecular weight is 278 g/mol. The number of nitrogens with zero attached hydrogens (tertiary/aromatic N) is 3. The summed E-state index contributed by atoms with van der Waals surface area (Å²) in [4.78, 5) is 11.4. The van der Waals surface area contributed by atoms with E-state index in [4.69, 9.17) is 0 Å². The Hall–Kier alpha value is -1.16. The van der Waals surface area contributed by atoms with Crippen molar-refractivity contribution in [1.29, 1.82) is 0 Å². The molecular formula is C16H30N4. The van der Waals surface area contributed by atoms with Gasteiger partial charge in [-0.25, -0.2) is 4.98 Å². The van der Waals surface area contributed by atoms with Crippen LogP contribution in [0.1, 0.15) is 46.7 Å². The Morgan fingerprint density at radius 1 is 1.15 bits per heavy atom. The van der Waals surface area contributed by atoms with E-state index in [1.807, 2.05) is 12.4 Å². The molecule has 1 heterocycles. The predicted molar refractivity (Wildman–Crippen MR) is 85.9 cm³/mol. The van der Waals surface area contributed by atoms with E-state index in [0.29, 0.717) is 11.8 Å². The zero-order chi connectivity index (χ0) is 15.0. The molecule has 0 amide bonds. The van der Waals surface area contributed by atoms with Crippen LogP contribution in [0, 0.1) is 11.8 Å². The van der Waals surface area contributed by atoms with Gasteiger partial charge in [0.05, 0.1) is 18.1 Å². The fourth-order valence-corrected chi connectivity index (χ4v) is 1.98. The molecule has 114 valence electrons. The van der Waals surface area contributed by atoms with E-state index >= 15 is 0 Å². The third-order valence-electron chi connectivity index (χ3n) is 3.49. The van der Waals surface area contributed by atoms with Gasteiger partial charge in [0.2, 0.25) is 0 Å². The van der Waals surface area contributed by atoms with E-state index in [1.165, 1.54) is 6.42 Å². The van der Waals surface area contributed by atoms with Crippen LogP contribution in [0.4, 0.5) is 5.82 Å². The first-order chi connectivity index (χ1) is 9.56. The highest BCUT2D eigenvalue weighted by Gasteiger charge is 2.10. The van der Waals surface area contributed by atoms with Gasteiger partial charge in [0.15, 0.2) is 0 Å². The molecule has 1 atom stereocenters. The fraction of sp³-hybridized carbons (Fsp3) is 0.750. The van der Waals surface area contributed by atoms with E-state index in [1.54, 1.807) is 0 Å². The van der Waals surface area contributed by atoms with Crippen molar-refractivity contribution >= 4 is 5.82 Å². The second kappa shape index (κ2) is 8.90. The Bertz CT molecular complexity index is 361. The molecule has 1 rings (SSSR count). The summed E-state index contributed by atoms with van der Waals surface area (Å²) in [7, 11) is 0. The first kappa shape index (κ1) is 16.9. The zero-order valence-electron chi connectivity index (χ0n) is 13.7. The maximum Gasteiger partial charge on any atom is 0.147 e. The van der Waals surface area contributed by atoms with Crippen LogP contribution in [0.2, 0.25) is 0 Å². The van der Waals surface area contributed by atoms with Crippen molar-refractivity contribution < 1.29 is 0 Å². The number of hydrogen-bond acceptors (Lipinski definition) is 4. The number of hydrogen-bond donors (Lipinski definition) is 1. The fourth-order valence-electron chi connectivity index (χ4n) is 1.98. The molecule has 0 saturated heterocycles. The van der Waals surface area contributed by atoms with Crippen molar-refractivity contribution in [2.45, 2.75) is 47.6 Å². The predicted octanol–water partition coefficient (Wildman–Crippen LogP) is 3.09. The standard InChI is InChI=1S/C16H30N4/c1-6-14(5)12-20(7-2)16-11-18-15(10-19-16)9-17-8-13(3)4/h10-11,13-14,17H,6-9,12H2,1-5H3. The summed E-state index contributed by atoms with van der Waals surface area (Å²) in [5, 5.41) is 3.39. The average Bonchev–Trinajstić information content (AvgIpc) is 2.45. The van der Waals surface area contributed by atoms with Crippen LogP contribution in [-0.2, 0) is 6.54 Å². The van der Waals surface area contributed by atoms with Crippen LogP contribution < -0.4 is 10.2 Å². The summed E-state index contributed by atoms with van der Waals surface area (Å²) >= 11 is 0. The molecule has 0 radical (unpaired) electrons. The molecule has 0 aromatic carbocycles. The Balaban J connectivity index is 2.55. The molecule has 0 aliphatic carbocycles. The molecule has 0 spiro atoms. The minimum absolute atomic E-state index is 0.661. The topological polar surface area (TPSA) is 41.1 Å². The quantitative estimate of drug-likeness (QED) is 0.753. The van der Waals surface area contributed by atoms with Crippen molar-refractivity contribution in [1.82, 2.24) is 15.3 Å². The van der Waals surface area contributed by atoms with E-state index in [-0.39, 0.29) is 0 Å². The van der Waals surface area contributed by atoms with Crippen LogP contribution in [0.5, 0.6) is 0 Å². The molecule has 0 saturated carbocycles. The van der Waals surface area contributed by atoms with Crippen LogP contribution in [-0.4, -0.2) is 29.6 Å². The Kier molecular flexibility index (Phi) is 7.52. The maximum atomic E-state index is 4.56. The van der Waals surface area contributed by atoms with Gasteiger partial charge in [-0.15, -0.1) is 0 Å². The molecule has 4 heteroatoms. The zero-order valence-corrected chi connectivity index (χ0v) is 13.7. The summed E-state index contributed by atoms with van der Waals surface area (Å²) in [6.45, 7) is 14.9. The SMILES string of the molecule is CCC(C)CN(CC)c1cnc(CNCC(C)C)cn1. The van der Waals surface area contributed by atoms with Crippen molar-refractivity contribution in [2.24, 2.45) is 11.8 Å². The summed E-state index contributed by atoms with van der Waals surface area (Å²) in [5.74, 6) is 2.33. The van der Waals surface area contributed by atoms with Gasteiger partial charge in [0.1, 0.15) is 5.82 Å². The summed E-state index contributed by atoms with van der Waals surface area (Å²) in [6, 6.07) is 0. The van der Waals surface area contributed by atoms with E-state index in [0.717, 1.165) is 37.7 Å². The highest BCUT2D eigenvalue weighted by Crippen LogP contribution is 2.13. The molecule has 0 aliphatic rings. The van der Waals surface area contributed by atoms with Gasteiger partial charge in [-0.3, -0.25) is 4.98 Å². The van der Waals surface area contributed by atoms with Gasteiger partial charge in [0, 0.05) is 19.6 Å². The Morgan fingerprint density at radius 3 is 2.40 bits per heavy atom. The largest absolute Gasteiger partial charge is 0.355 e. The molecule has 0 aliphatic heterocycles. The second-order valence-corrected chi connectivity index (χ2v) is 5.94. The normalized spacial score (nSPS) is 12.7.